The molecule has 186 valence electrons. The number of benzene rings is 2. The summed E-state index contributed by atoms with van der Waals surface area (Å²) in [6.07, 6.45) is 0. The van der Waals surface area contributed by atoms with Crippen LogP contribution in [0.15, 0.2) is 36.4 Å². The van der Waals surface area contributed by atoms with Crippen LogP contribution in [0.5, 0.6) is 11.5 Å². The van der Waals surface area contributed by atoms with Gasteiger partial charge in [-0.15, -0.1) is 37.2 Å². The van der Waals surface area contributed by atoms with Crippen LogP contribution in [0, 0.1) is 0 Å². The van der Waals surface area contributed by atoms with Crippen molar-refractivity contribution in [2.24, 2.45) is 0 Å². The maximum Gasteiger partial charge on any atom is 0.194 e. The second-order valence-corrected chi connectivity index (χ2v) is 7.49. The minimum atomic E-state index is 0. The van der Waals surface area contributed by atoms with Crippen molar-refractivity contribution < 1.29 is 14.3 Å². The average Bonchev–Trinajstić information content (AvgIpc) is 3.05. The van der Waals surface area contributed by atoms with Gasteiger partial charge in [-0.25, -0.2) is 0 Å². The van der Waals surface area contributed by atoms with E-state index in [0.29, 0.717) is 24.3 Å². The van der Waals surface area contributed by atoms with E-state index < -0.39 is 0 Å². The van der Waals surface area contributed by atoms with Crippen molar-refractivity contribution in [2.45, 2.75) is 27.7 Å². The second kappa shape index (κ2) is 15.4. The standard InChI is InChI=1S/C25H34N2O3.3ClH/c1-5-26(6-2)13-15-29-19-9-11-21-22-12-10-20(30-16-14-27(7-3)8-4)18-24(22)25(28)23(21)17-19;;;/h9-12,17-18H,5-8,13-16H2,1-4H3;3*1H. The number of hydrogen-bond acceptors (Lipinski definition) is 5. The minimum absolute atomic E-state index is 0. The molecule has 0 spiro atoms. The summed E-state index contributed by atoms with van der Waals surface area (Å²) in [6, 6.07) is 11.6. The minimum Gasteiger partial charge on any atom is -0.492 e. The van der Waals surface area contributed by atoms with E-state index >= 15 is 0 Å². The first-order valence-electron chi connectivity index (χ1n) is 11.1. The Labute approximate surface area is 217 Å². The van der Waals surface area contributed by atoms with E-state index in [0.717, 1.165) is 61.9 Å². The van der Waals surface area contributed by atoms with Crippen molar-refractivity contribution in [2.75, 3.05) is 52.5 Å². The first-order chi connectivity index (χ1) is 14.6. The lowest BCUT2D eigenvalue weighted by Gasteiger charge is -2.18. The fourth-order valence-corrected chi connectivity index (χ4v) is 3.88. The summed E-state index contributed by atoms with van der Waals surface area (Å²) in [5.41, 5.74) is 3.37. The van der Waals surface area contributed by atoms with Crippen molar-refractivity contribution in [1.29, 1.82) is 0 Å². The third-order valence-corrected chi connectivity index (χ3v) is 5.90. The SMILES string of the molecule is CCN(CC)CCOc1ccc2c(c1)C(=O)c1cc(OCCN(CC)CC)ccc1-2.Cl.Cl.Cl. The molecule has 0 radical (unpaired) electrons. The zero-order valence-corrected chi connectivity index (χ0v) is 22.4. The lowest BCUT2D eigenvalue weighted by Crippen LogP contribution is -2.27. The summed E-state index contributed by atoms with van der Waals surface area (Å²) in [5, 5.41) is 0. The van der Waals surface area contributed by atoms with Crippen molar-refractivity contribution in [3.8, 4) is 22.6 Å². The first-order valence-corrected chi connectivity index (χ1v) is 11.1. The number of ether oxygens (including phenoxy) is 2. The Bertz CT molecular complexity index is 802. The lowest BCUT2D eigenvalue weighted by molar-refractivity contribution is 0.104. The molecular formula is C25H37Cl3N2O3. The topological polar surface area (TPSA) is 42.0 Å². The smallest absolute Gasteiger partial charge is 0.194 e. The van der Waals surface area contributed by atoms with E-state index in [1.54, 1.807) is 0 Å². The van der Waals surface area contributed by atoms with Gasteiger partial charge in [0.1, 0.15) is 24.7 Å². The molecular weight excluding hydrogens is 483 g/mol. The lowest BCUT2D eigenvalue weighted by atomic mass is 10.1. The number of halogens is 3. The summed E-state index contributed by atoms with van der Waals surface area (Å²) >= 11 is 0. The Morgan fingerprint density at radius 1 is 0.606 bits per heavy atom. The number of carbonyl (C=O) groups excluding carboxylic acids is 1. The van der Waals surface area contributed by atoms with Crippen LogP contribution in [-0.4, -0.2) is 68.1 Å². The van der Waals surface area contributed by atoms with Gasteiger partial charge in [-0.3, -0.25) is 4.79 Å². The Hall–Kier alpha value is -1.50. The zero-order valence-electron chi connectivity index (χ0n) is 20.0. The molecule has 0 atom stereocenters. The fourth-order valence-electron chi connectivity index (χ4n) is 3.88. The first kappa shape index (κ1) is 31.5. The second-order valence-electron chi connectivity index (χ2n) is 7.49. The molecule has 5 nitrogen and oxygen atoms in total. The molecule has 0 saturated carbocycles. The molecule has 0 amide bonds. The van der Waals surface area contributed by atoms with Crippen LogP contribution < -0.4 is 9.47 Å². The monoisotopic (exact) mass is 518 g/mol. The largest absolute Gasteiger partial charge is 0.492 e. The van der Waals surface area contributed by atoms with Crippen LogP contribution in [-0.2, 0) is 0 Å². The number of fused-ring (bicyclic) bond motifs is 3. The molecule has 0 aliphatic heterocycles. The van der Waals surface area contributed by atoms with Gasteiger partial charge in [0.25, 0.3) is 0 Å². The zero-order chi connectivity index (χ0) is 21.5. The summed E-state index contributed by atoms with van der Waals surface area (Å²) in [6.45, 7) is 15.6. The Kier molecular flexibility index (Phi) is 14.7. The average molecular weight is 520 g/mol. The molecule has 33 heavy (non-hydrogen) atoms. The summed E-state index contributed by atoms with van der Waals surface area (Å²) in [5.74, 6) is 1.54. The summed E-state index contributed by atoms with van der Waals surface area (Å²) < 4.78 is 11.8. The van der Waals surface area contributed by atoms with Crippen LogP contribution in [0.3, 0.4) is 0 Å². The van der Waals surface area contributed by atoms with Crippen LogP contribution >= 0.6 is 37.2 Å². The molecule has 0 bridgehead atoms. The Morgan fingerprint density at radius 3 is 1.30 bits per heavy atom. The van der Waals surface area contributed by atoms with Gasteiger partial charge in [0.15, 0.2) is 5.78 Å². The highest BCUT2D eigenvalue weighted by Crippen LogP contribution is 2.39. The predicted molar refractivity (Wildman–Crippen MR) is 144 cm³/mol. The molecule has 0 aromatic heterocycles. The van der Waals surface area contributed by atoms with Gasteiger partial charge in [0, 0.05) is 24.2 Å². The molecule has 3 rings (SSSR count). The fraction of sp³-hybridized carbons (Fsp3) is 0.480. The molecule has 2 aromatic rings. The normalized spacial score (nSPS) is 11.3. The molecule has 8 heteroatoms. The van der Waals surface area contributed by atoms with Gasteiger partial charge < -0.3 is 19.3 Å². The number of rotatable bonds is 12. The Morgan fingerprint density at radius 2 is 0.970 bits per heavy atom. The number of nitrogens with zero attached hydrogens (tertiary/aromatic N) is 2. The van der Waals surface area contributed by atoms with E-state index in [2.05, 4.69) is 37.5 Å². The van der Waals surface area contributed by atoms with Gasteiger partial charge in [0.2, 0.25) is 0 Å². The van der Waals surface area contributed by atoms with E-state index in [-0.39, 0.29) is 43.0 Å². The molecule has 0 unspecified atom stereocenters. The van der Waals surface area contributed by atoms with Crippen molar-refractivity contribution in [3.63, 3.8) is 0 Å². The third-order valence-electron chi connectivity index (χ3n) is 5.90. The van der Waals surface area contributed by atoms with Gasteiger partial charge in [-0.05, 0) is 73.7 Å². The third kappa shape index (κ3) is 7.76. The van der Waals surface area contributed by atoms with E-state index in [4.69, 9.17) is 9.47 Å². The van der Waals surface area contributed by atoms with Gasteiger partial charge in [0.05, 0.1) is 0 Å². The predicted octanol–water partition coefficient (Wildman–Crippen LogP) is 5.60. The number of ketones is 1. The van der Waals surface area contributed by atoms with Crippen LogP contribution in [0.4, 0.5) is 0 Å². The maximum absolute atomic E-state index is 13.0. The van der Waals surface area contributed by atoms with Crippen LogP contribution in [0.25, 0.3) is 11.1 Å². The van der Waals surface area contributed by atoms with Crippen molar-refractivity contribution in [1.82, 2.24) is 9.80 Å². The van der Waals surface area contributed by atoms with Gasteiger partial charge >= 0.3 is 0 Å². The molecule has 1 aliphatic rings. The molecule has 2 aromatic carbocycles. The quantitative estimate of drug-likeness (QED) is 0.311. The van der Waals surface area contributed by atoms with Gasteiger partial charge in [-0.2, -0.15) is 0 Å². The highest BCUT2D eigenvalue weighted by Gasteiger charge is 2.27. The number of carbonyl (C=O) groups is 1. The van der Waals surface area contributed by atoms with Crippen molar-refractivity contribution in [3.05, 3.63) is 47.5 Å². The van der Waals surface area contributed by atoms with E-state index in [1.165, 1.54) is 0 Å². The van der Waals surface area contributed by atoms with Gasteiger partial charge in [-0.1, -0.05) is 27.7 Å². The highest BCUT2D eigenvalue weighted by molar-refractivity contribution is 6.22. The van der Waals surface area contributed by atoms with E-state index in [9.17, 15) is 4.79 Å². The molecule has 1 aliphatic carbocycles. The number of likely N-dealkylation sites (N-methyl/N-ethyl adjacent to an activating group) is 2. The summed E-state index contributed by atoms with van der Waals surface area (Å²) in [4.78, 5) is 17.6. The van der Waals surface area contributed by atoms with Crippen LogP contribution in [0.2, 0.25) is 0 Å². The number of hydrogen-bond donors (Lipinski definition) is 0. The maximum atomic E-state index is 13.0. The van der Waals surface area contributed by atoms with Crippen LogP contribution in [0.1, 0.15) is 43.6 Å². The molecule has 0 N–H and O–H groups in total. The molecule has 0 fully saturated rings. The molecule has 0 heterocycles. The van der Waals surface area contributed by atoms with E-state index in [1.807, 2.05) is 36.4 Å². The molecule has 0 saturated heterocycles. The highest BCUT2D eigenvalue weighted by atomic mass is 35.5. The Balaban J connectivity index is 0.00000341. The van der Waals surface area contributed by atoms with Crippen molar-refractivity contribution >= 4 is 43.0 Å². The summed E-state index contributed by atoms with van der Waals surface area (Å²) in [7, 11) is 0.